The third kappa shape index (κ3) is 3.66. The monoisotopic (exact) mass is 257 g/mol. The highest BCUT2D eigenvalue weighted by atomic mass is 35.5. The Balaban J connectivity index is 1.92. The minimum atomic E-state index is -0.270. The van der Waals surface area contributed by atoms with Gasteiger partial charge in [-0.15, -0.1) is 0 Å². The topological polar surface area (TPSA) is 35.2 Å². The van der Waals surface area contributed by atoms with Gasteiger partial charge in [-0.1, -0.05) is 11.6 Å². The summed E-state index contributed by atoms with van der Waals surface area (Å²) in [6.45, 7) is 0.831. The van der Waals surface area contributed by atoms with Crippen LogP contribution in [0.1, 0.15) is 24.8 Å². The summed E-state index contributed by atoms with van der Waals surface area (Å²) in [5.74, 6) is -0.270. The molecule has 0 aromatic heterocycles. The van der Waals surface area contributed by atoms with E-state index in [1.54, 1.807) is 6.07 Å². The summed E-state index contributed by atoms with van der Waals surface area (Å²) in [4.78, 5) is 0. The average molecular weight is 258 g/mol. The molecule has 0 amide bonds. The lowest BCUT2D eigenvalue weighted by atomic mass is 10.00. The molecule has 1 aromatic carbocycles. The molecule has 2 N–H and O–H groups in total. The second-order valence-electron chi connectivity index (χ2n) is 4.57. The van der Waals surface area contributed by atoms with E-state index in [4.69, 9.17) is 22.1 Å². The van der Waals surface area contributed by atoms with Crippen molar-refractivity contribution in [2.75, 3.05) is 6.61 Å². The molecule has 94 valence electrons. The van der Waals surface area contributed by atoms with Gasteiger partial charge >= 0.3 is 0 Å². The van der Waals surface area contributed by atoms with Crippen LogP contribution in [0.15, 0.2) is 18.2 Å². The molecule has 0 aliphatic carbocycles. The molecule has 1 aromatic rings. The van der Waals surface area contributed by atoms with Gasteiger partial charge in [0.1, 0.15) is 5.82 Å². The number of halogens is 2. The van der Waals surface area contributed by atoms with Crippen molar-refractivity contribution in [2.24, 2.45) is 5.73 Å². The third-order valence-corrected chi connectivity index (χ3v) is 3.45. The standard InChI is InChI=1S/C13H17ClFNO/c14-13-4-3-10(15)6-9(13)7-11(16)8-12-2-1-5-17-12/h3-4,6,11-12H,1-2,5,7-8,16H2. The maximum atomic E-state index is 13.1. The number of hydrogen-bond donors (Lipinski definition) is 1. The van der Waals surface area contributed by atoms with Crippen molar-refractivity contribution in [3.05, 3.63) is 34.6 Å². The van der Waals surface area contributed by atoms with Crippen LogP contribution >= 0.6 is 11.6 Å². The first-order chi connectivity index (χ1) is 8.15. The van der Waals surface area contributed by atoms with Gasteiger partial charge in [0.05, 0.1) is 6.10 Å². The Hall–Kier alpha value is -0.640. The zero-order chi connectivity index (χ0) is 12.3. The van der Waals surface area contributed by atoms with Gasteiger partial charge in [-0.2, -0.15) is 0 Å². The zero-order valence-corrected chi connectivity index (χ0v) is 10.4. The molecule has 0 spiro atoms. The van der Waals surface area contributed by atoms with Crippen LogP contribution in [0, 0.1) is 5.82 Å². The largest absolute Gasteiger partial charge is 0.378 e. The number of rotatable bonds is 4. The van der Waals surface area contributed by atoms with Crippen LogP contribution in [0.4, 0.5) is 4.39 Å². The summed E-state index contributed by atoms with van der Waals surface area (Å²) in [7, 11) is 0. The van der Waals surface area contributed by atoms with Crippen LogP contribution in [-0.2, 0) is 11.2 Å². The van der Waals surface area contributed by atoms with E-state index in [1.807, 2.05) is 0 Å². The Kier molecular flexibility index (Phi) is 4.37. The lowest BCUT2D eigenvalue weighted by molar-refractivity contribution is 0.0983. The smallest absolute Gasteiger partial charge is 0.123 e. The lowest BCUT2D eigenvalue weighted by Gasteiger charge is -2.16. The van der Waals surface area contributed by atoms with E-state index in [0.717, 1.165) is 31.4 Å². The van der Waals surface area contributed by atoms with Crippen LogP contribution in [0.3, 0.4) is 0 Å². The molecule has 1 aliphatic heterocycles. The number of ether oxygens (including phenoxy) is 1. The molecule has 0 saturated carbocycles. The zero-order valence-electron chi connectivity index (χ0n) is 9.66. The van der Waals surface area contributed by atoms with Crippen molar-refractivity contribution >= 4 is 11.6 Å². The first-order valence-electron chi connectivity index (χ1n) is 5.96. The van der Waals surface area contributed by atoms with Gasteiger partial charge in [0.25, 0.3) is 0 Å². The second-order valence-corrected chi connectivity index (χ2v) is 4.98. The number of nitrogens with two attached hydrogens (primary N) is 1. The Labute approximate surface area is 106 Å². The van der Waals surface area contributed by atoms with Crippen molar-refractivity contribution in [3.8, 4) is 0 Å². The molecule has 1 heterocycles. The summed E-state index contributed by atoms with van der Waals surface area (Å²) in [6.07, 6.45) is 3.85. The summed E-state index contributed by atoms with van der Waals surface area (Å²) in [5.41, 5.74) is 6.82. The molecule has 0 bridgehead atoms. The predicted octanol–water partition coefficient (Wildman–Crippen LogP) is 2.92. The van der Waals surface area contributed by atoms with Crippen molar-refractivity contribution < 1.29 is 9.13 Å². The average Bonchev–Trinajstić information content (AvgIpc) is 2.76. The third-order valence-electron chi connectivity index (χ3n) is 3.08. The van der Waals surface area contributed by atoms with Crippen molar-refractivity contribution in [2.45, 2.75) is 37.8 Å². The van der Waals surface area contributed by atoms with Gasteiger partial charge in [0.15, 0.2) is 0 Å². The molecule has 2 rings (SSSR count). The van der Waals surface area contributed by atoms with E-state index in [-0.39, 0.29) is 18.0 Å². The summed E-state index contributed by atoms with van der Waals surface area (Å²) in [5, 5.41) is 0.578. The molecule has 2 atom stereocenters. The van der Waals surface area contributed by atoms with Crippen LogP contribution < -0.4 is 5.73 Å². The first-order valence-corrected chi connectivity index (χ1v) is 6.34. The molecular weight excluding hydrogens is 241 g/mol. The molecule has 0 radical (unpaired) electrons. The Morgan fingerprint density at radius 1 is 1.53 bits per heavy atom. The predicted molar refractivity (Wildman–Crippen MR) is 66.7 cm³/mol. The summed E-state index contributed by atoms with van der Waals surface area (Å²) >= 11 is 6.00. The molecule has 2 unspecified atom stereocenters. The summed E-state index contributed by atoms with van der Waals surface area (Å²) < 4.78 is 18.6. The van der Waals surface area contributed by atoms with Crippen LogP contribution in [0.2, 0.25) is 5.02 Å². The van der Waals surface area contributed by atoms with E-state index >= 15 is 0 Å². The van der Waals surface area contributed by atoms with Gasteiger partial charge < -0.3 is 10.5 Å². The highest BCUT2D eigenvalue weighted by Crippen LogP contribution is 2.21. The molecule has 2 nitrogen and oxygen atoms in total. The lowest BCUT2D eigenvalue weighted by Crippen LogP contribution is -2.28. The normalized spacial score (nSPS) is 21.7. The highest BCUT2D eigenvalue weighted by Gasteiger charge is 2.19. The number of hydrogen-bond acceptors (Lipinski definition) is 2. The first kappa shape index (κ1) is 12.8. The van der Waals surface area contributed by atoms with Gasteiger partial charge in [0, 0.05) is 17.7 Å². The van der Waals surface area contributed by atoms with Crippen LogP contribution in [-0.4, -0.2) is 18.8 Å². The quantitative estimate of drug-likeness (QED) is 0.900. The van der Waals surface area contributed by atoms with Crippen molar-refractivity contribution in [1.82, 2.24) is 0 Å². The van der Waals surface area contributed by atoms with Gasteiger partial charge in [0.2, 0.25) is 0 Å². The van der Waals surface area contributed by atoms with E-state index < -0.39 is 0 Å². The fourth-order valence-corrected chi connectivity index (χ4v) is 2.43. The number of benzene rings is 1. The Morgan fingerprint density at radius 3 is 3.06 bits per heavy atom. The van der Waals surface area contributed by atoms with E-state index in [2.05, 4.69) is 0 Å². The van der Waals surface area contributed by atoms with E-state index in [1.165, 1.54) is 12.1 Å². The fraction of sp³-hybridized carbons (Fsp3) is 0.538. The molecule has 1 aliphatic rings. The fourth-order valence-electron chi connectivity index (χ4n) is 2.23. The minimum absolute atomic E-state index is 0.0302. The van der Waals surface area contributed by atoms with E-state index in [9.17, 15) is 4.39 Å². The molecule has 1 saturated heterocycles. The Morgan fingerprint density at radius 2 is 2.35 bits per heavy atom. The van der Waals surface area contributed by atoms with Crippen LogP contribution in [0.5, 0.6) is 0 Å². The van der Waals surface area contributed by atoms with Gasteiger partial charge in [-0.05, 0) is 49.4 Å². The Bertz CT molecular complexity index is 380. The van der Waals surface area contributed by atoms with Gasteiger partial charge in [-0.3, -0.25) is 0 Å². The van der Waals surface area contributed by atoms with Crippen LogP contribution in [0.25, 0.3) is 0 Å². The second kappa shape index (κ2) is 5.80. The molecule has 17 heavy (non-hydrogen) atoms. The maximum absolute atomic E-state index is 13.1. The molecule has 1 fully saturated rings. The SMILES string of the molecule is NC(Cc1cc(F)ccc1Cl)CC1CCCO1. The minimum Gasteiger partial charge on any atom is -0.378 e. The summed E-state index contributed by atoms with van der Waals surface area (Å²) in [6, 6.07) is 4.36. The highest BCUT2D eigenvalue weighted by molar-refractivity contribution is 6.31. The molecular formula is C13H17ClFNO. The van der Waals surface area contributed by atoms with E-state index in [0.29, 0.717) is 11.4 Å². The maximum Gasteiger partial charge on any atom is 0.123 e. The van der Waals surface area contributed by atoms with Gasteiger partial charge in [-0.25, -0.2) is 4.39 Å². The van der Waals surface area contributed by atoms with Crippen molar-refractivity contribution in [3.63, 3.8) is 0 Å². The van der Waals surface area contributed by atoms with Crippen molar-refractivity contribution in [1.29, 1.82) is 0 Å². The molecule has 4 heteroatoms.